The zero-order chi connectivity index (χ0) is 13.3. The van der Waals surface area contributed by atoms with Crippen molar-refractivity contribution < 1.29 is 4.74 Å². The molecule has 2 unspecified atom stereocenters. The molecule has 1 spiro atoms. The average Bonchev–Trinajstić information content (AvgIpc) is 2.85. The Balaban J connectivity index is 1.72. The maximum atomic E-state index is 6.55. The fourth-order valence-electron chi connectivity index (χ4n) is 3.40. The number of ether oxygens (including phenoxy) is 1. The van der Waals surface area contributed by atoms with Crippen molar-refractivity contribution in [2.75, 3.05) is 18.1 Å². The van der Waals surface area contributed by atoms with Crippen LogP contribution in [-0.4, -0.2) is 23.7 Å². The van der Waals surface area contributed by atoms with Gasteiger partial charge in [-0.15, -0.1) is 11.3 Å². The lowest BCUT2D eigenvalue weighted by molar-refractivity contribution is -0.105. The molecule has 0 amide bonds. The van der Waals surface area contributed by atoms with Crippen LogP contribution >= 0.6 is 23.1 Å². The first kappa shape index (κ1) is 13.9. The molecule has 0 saturated carbocycles. The van der Waals surface area contributed by atoms with Crippen molar-refractivity contribution in [2.24, 2.45) is 11.7 Å². The summed E-state index contributed by atoms with van der Waals surface area (Å²) in [5, 5.41) is 2.16. The predicted octanol–water partition coefficient (Wildman–Crippen LogP) is 3.75. The Bertz CT molecular complexity index is 420. The summed E-state index contributed by atoms with van der Waals surface area (Å²) in [5.74, 6) is 3.09. The molecule has 2 nitrogen and oxygen atoms in total. The van der Waals surface area contributed by atoms with Gasteiger partial charge in [0.1, 0.15) is 0 Å². The van der Waals surface area contributed by atoms with Crippen LogP contribution in [0.1, 0.15) is 42.2 Å². The largest absolute Gasteiger partial charge is 0.375 e. The molecular formula is C15H23NOS2. The molecule has 2 aliphatic rings. The maximum absolute atomic E-state index is 6.55. The van der Waals surface area contributed by atoms with Gasteiger partial charge in [0.25, 0.3) is 0 Å². The van der Waals surface area contributed by atoms with E-state index in [2.05, 4.69) is 30.1 Å². The third-order valence-corrected chi connectivity index (χ3v) is 6.75. The van der Waals surface area contributed by atoms with Crippen LogP contribution in [0.25, 0.3) is 0 Å². The lowest BCUT2D eigenvalue weighted by Gasteiger charge is -2.44. The van der Waals surface area contributed by atoms with Crippen molar-refractivity contribution in [3.63, 3.8) is 0 Å². The van der Waals surface area contributed by atoms with Crippen molar-refractivity contribution in [1.29, 1.82) is 0 Å². The van der Waals surface area contributed by atoms with Gasteiger partial charge in [0.2, 0.25) is 0 Å². The second kappa shape index (κ2) is 5.76. The van der Waals surface area contributed by atoms with Gasteiger partial charge in [-0.25, -0.2) is 0 Å². The van der Waals surface area contributed by atoms with Gasteiger partial charge in [0.05, 0.1) is 5.60 Å². The molecule has 3 rings (SSSR count). The quantitative estimate of drug-likeness (QED) is 0.903. The minimum Gasteiger partial charge on any atom is -0.375 e. The molecule has 0 aliphatic carbocycles. The average molecular weight is 297 g/mol. The summed E-state index contributed by atoms with van der Waals surface area (Å²) in [5.41, 5.74) is 8.06. The van der Waals surface area contributed by atoms with Gasteiger partial charge in [-0.1, -0.05) is 0 Å². The van der Waals surface area contributed by atoms with Crippen LogP contribution in [0.4, 0.5) is 0 Å². The molecule has 4 heteroatoms. The molecule has 2 fully saturated rings. The molecule has 0 bridgehead atoms. The van der Waals surface area contributed by atoms with Gasteiger partial charge in [0, 0.05) is 17.5 Å². The van der Waals surface area contributed by atoms with Crippen molar-refractivity contribution in [3.05, 3.63) is 21.9 Å². The van der Waals surface area contributed by atoms with Gasteiger partial charge < -0.3 is 10.5 Å². The molecule has 19 heavy (non-hydrogen) atoms. The molecule has 2 saturated heterocycles. The third kappa shape index (κ3) is 2.87. The van der Waals surface area contributed by atoms with Crippen LogP contribution in [0.2, 0.25) is 0 Å². The van der Waals surface area contributed by atoms with E-state index < -0.39 is 0 Å². The second-order valence-electron chi connectivity index (χ2n) is 5.89. The molecule has 3 heterocycles. The van der Waals surface area contributed by atoms with Gasteiger partial charge in [-0.2, -0.15) is 11.8 Å². The number of thioether (sulfide) groups is 1. The highest BCUT2D eigenvalue weighted by molar-refractivity contribution is 7.99. The van der Waals surface area contributed by atoms with Crippen LogP contribution < -0.4 is 5.73 Å². The molecule has 2 aliphatic heterocycles. The number of nitrogens with two attached hydrogens (primary N) is 1. The molecule has 0 aromatic carbocycles. The normalized spacial score (nSPS) is 28.4. The first-order valence-corrected chi connectivity index (χ1v) is 9.25. The van der Waals surface area contributed by atoms with Gasteiger partial charge in [0.15, 0.2) is 0 Å². The number of rotatable bonds is 2. The summed E-state index contributed by atoms with van der Waals surface area (Å²) in [7, 11) is 0. The van der Waals surface area contributed by atoms with E-state index in [1.165, 1.54) is 34.8 Å². The van der Waals surface area contributed by atoms with Gasteiger partial charge in [-0.3, -0.25) is 0 Å². The minimum absolute atomic E-state index is 0.150. The van der Waals surface area contributed by atoms with Crippen LogP contribution in [-0.2, 0) is 4.74 Å². The third-order valence-electron chi connectivity index (χ3n) is 4.65. The molecule has 1 aromatic heterocycles. The number of hydrogen-bond donors (Lipinski definition) is 1. The molecule has 106 valence electrons. The highest BCUT2D eigenvalue weighted by Crippen LogP contribution is 2.43. The van der Waals surface area contributed by atoms with Crippen LogP contribution in [0.15, 0.2) is 11.4 Å². The van der Waals surface area contributed by atoms with E-state index >= 15 is 0 Å². The van der Waals surface area contributed by atoms with E-state index in [9.17, 15) is 0 Å². The lowest BCUT2D eigenvalue weighted by Crippen LogP contribution is -2.45. The van der Waals surface area contributed by atoms with Crippen molar-refractivity contribution in [2.45, 2.75) is 44.2 Å². The number of hydrogen-bond acceptors (Lipinski definition) is 4. The van der Waals surface area contributed by atoms with E-state index in [0.717, 1.165) is 19.4 Å². The zero-order valence-corrected chi connectivity index (χ0v) is 13.2. The van der Waals surface area contributed by atoms with Crippen molar-refractivity contribution in [3.8, 4) is 0 Å². The Morgan fingerprint density at radius 3 is 2.89 bits per heavy atom. The number of thiophene rings is 1. The minimum atomic E-state index is 0.150. The fourth-order valence-corrected chi connectivity index (χ4v) is 5.66. The highest BCUT2D eigenvalue weighted by atomic mass is 32.2. The first-order valence-electron chi connectivity index (χ1n) is 7.21. The second-order valence-corrected chi connectivity index (χ2v) is 8.06. The van der Waals surface area contributed by atoms with E-state index in [4.69, 9.17) is 10.5 Å². The summed E-state index contributed by atoms with van der Waals surface area (Å²) < 4.78 is 6.17. The molecule has 0 radical (unpaired) electrons. The molecular weight excluding hydrogens is 274 g/mol. The Morgan fingerprint density at radius 1 is 1.42 bits per heavy atom. The van der Waals surface area contributed by atoms with Crippen LogP contribution in [0.5, 0.6) is 0 Å². The Labute approximate surface area is 124 Å². The molecule has 1 aromatic rings. The topological polar surface area (TPSA) is 35.2 Å². The SMILES string of the molecule is Cc1ccsc1C(N)C1CCOC2(CCSCC2)C1. The lowest BCUT2D eigenvalue weighted by atomic mass is 9.78. The van der Waals surface area contributed by atoms with Crippen LogP contribution in [0, 0.1) is 12.8 Å². The smallest absolute Gasteiger partial charge is 0.0701 e. The summed E-state index contributed by atoms with van der Waals surface area (Å²) in [6.45, 7) is 3.07. The summed E-state index contributed by atoms with van der Waals surface area (Å²) >= 11 is 3.88. The maximum Gasteiger partial charge on any atom is 0.0701 e. The Kier molecular flexibility index (Phi) is 4.22. The molecule has 2 atom stereocenters. The molecule has 2 N–H and O–H groups in total. The standard InChI is InChI=1S/C15H23NOS2/c1-11-3-7-19-14(11)13(16)12-2-6-17-15(10-12)4-8-18-9-5-15/h3,7,12-13H,2,4-6,8-10,16H2,1H3. The van der Waals surface area contributed by atoms with E-state index in [-0.39, 0.29) is 11.6 Å². The number of aryl methyl sites for hydroxylation is 1. The zero-order valence-electron chi connectivity index (χ0n) is 11.6. The predicted molar refractivity (Wildman–Crippen MR) is 84.0 cm³/mol. The summed E-state index contributed by atoms with van der Waals surface area (Å²) in [4.78, 5) is 1.38. The van der Waals surface area contributed by atoms with Crippen molar-refractivity contribution in [1.82, 2.24) is 0 Å². The van der Waals surface area contributed by atoms with E-state index in [1.54, 1.807) is 0 Å². The van der Waals surface area contributed by atoms with Gasteiger partial charge >= 0.3 is 0 Å². The Hall–Kier alpha value is -0.0300. The summed E-state index contributed by atoms with van der Waals surface area (Å²) in [6, 6.07) is 2.39. The van der Waals surface area contributed by atoms with E-state index in [1.807, 2.05) is 11.3 Å². The van der Waals surface area contributed by atoms with Crippen molar-refractivity contribution >= 4 is 23.1 Å². The highest BCUT2D eigenvalue weighted by Gasteiger charge is 2.40. The monoisotopic (exact) mass is 297 g/mol. The van der Waals surface area contributed by atoms with Gasteiger partial charge in [-0.05, 0) is 67.0 Å². The summed E-state index contributed by atoms with van der Waals surface area (Å²) in [6.07, 6.45) is 4.70. The Morgan fingerprint density at radius 2 is 2.21 bits per heavy atom. The van der Waals surface area contributed by atoms with E-state index in [0.29, 0.717) is 5.92 Å². The fraction of sp³-hybridized carbons (Fsp3) is 0.733. The first-order chi connectivity index (χ1) is 9.20. The van der Waals surface area contributed by atoms with Crippen LogP contribution in [0.3, 0.4) is 0 Å².